The Kier molecular flexibility index (Phi) is 4.62. The first kappa shape index (κ1) is 15.6. The third kappa shape index (κ3) is 3.65. The van der Waals surface area contributed by atoms with Gasteiger partial charge in [-0.05, 0) is 31.0 Å². The van der Waals surface area contributed by atoms with Crippen LogP contribution in [-0.2, 0) is 19.4 Å². The summed E-state index contributed by atoms with van der Waals surface area (Å²) in [6, 6.07) is 4.93. The molecule has 2 atom stereocenters. The minimum Gasteiger partial charge on any atom is -0.461 e. The van der Waals surface area contributed by atoms with Crippen molar-refractivity contribution >= 4 is 39.0 Å². The number of carbonyl (C=O) groups is 1. The summed E-state index contributed by atoms with van der Waals surface area (Å²) in [6.45, 7) is 1.69. The molecule has 0 saturated carbocycles. The lowest BCUT2D eigenvalue weighted by Gasteiger charge is -2.15. The van der Waals surface area contributed by atoms with Crippen molar-refractivity contribution in [1.82, 2.24) is 0 Å². The van der Waals surface area contributed by atoms with E-state index in [1.165, 1.54) is 0 Å². The highest BCUT2D eigenvalue weighted by Crippen LogP contribution is 2.27. The number of rotatable bonds is 3. The van der Waals surface area contributed by atoms with Crippen molar-refractivity contribution in [3.8, 4) is 0 Å². The molecule has 2 rings (SSSR count). The number of sulfone groups is 1. The molecule has 110 valence electrons. The van der Waals surface area contributed by atoms with Crippen LogP contribution in [0.15, 0.2) is 18.2 Å². The Labute approximate surface area is 127 Å². The fraction of sp³-hybridized carbons (Fsp3) is 0.462. The summed E-state index contributed by atoms with van der Waals surface area (Å²) in [7, 11) is -3.06. The topological polar surface area (TPSA) is 60.4 Å². The van der Waals surface area contributed by atoms with Gasteiger partial charge in [-0.1, -0.05) is 29.3 Å². The summed E-state index contributed by atoms with van der Waals surface area (Å²) in [5, 5.41) is 0.783. The van der Waals surface area contributed by atoms with E-state index in [9.17, 15) is 13.2 Å². The standard InChI is InChI=1S/C13H14Cl2O4S/c1-8(9-2-3-11(14)12(15)6-9)13(16)19-10-4-5-20(17,18)7-10/h2-3,6,8,10H,4-5,7H2,1H3. The lowest BCUT2D eigenvalue weighted by atomic mass is 10.0. The van der Waals surface area contributed by atoms with Gasteiger partial charge >= 0.3 is 5.97 Å². The molecule has 0 amide bonds. The summed E-state index contributed by atoms with van der Waals surface area (Å²) in [4.78, 5) is 12.0. The fourth-order valence-electron chi connectivity index (χ4n) is 2.04. The molecule has 0 aliphatic carbocycles. The Bertz CT molecular complexity index is 627. The Balaban J connectivity index is 2.03. The monoisotopic (exact) mass is 336 g/mol. The second-order valence-corrected chi connectivity index (χ2v) is 7.90. The minimum atomic E-state index is -3.06. The quantitative estimate of drug-likeness (QED) is 0.796. The van der Waals surface area contributed by atoms with Crippen molar-refractivity contribution < 1.29 is 17.9 Å². The van der Waals surface area contributed by atoms with Crippen LogP contribution >= 0.6 is 23.2 Å². The summed E-state index contributed by atoms with van der Waals surface area (Å²) in [6.07, 6.45) is -0.181. The Morgan fingerprint density at radius 3 is 2.60 bits per heavy atom. The van der Waals surface area contributed by atoms with Crippen molar-refractivity contribution in [3.05, 3.63) is 33.8 Å². The first-order valence-electron chi connectivity index (χ1n) is 6.14. The molecule has 1 aromatic carbocycles. The van der Waals surface area contributed by atoms with Gasteiger partial charge in [0.1, 0.15) is 6.10 Å². The molecule has 1 fully saturated rings. The zero-order valence-corrected chi connectivity index (χ0v) is 13.1. The van der Waals surface area contributed by atoms with Crippen molar-refractivity contribution in [2.24, 2.45) is 0 Å². The molecule has 4 nitrogen and oxygen atoms in total. The van der Waals surface area contributed by atoms with Gasteiger partial charge in [-0.15, -0.1) is 0 Å². The number of hydrogen-bond donors (Lipinski definition) is 0. The zero-order chi connectivity index (χ0) is 14.9. The number of ether oxygens (including phenoxy) is 1. The van der Waals surface area contributed by atoms with Crippen molar-refractivity contribution in [1.29, 1.82) is 0 Å². The maximum absolute atomic E-state index is 12.0. The lowest BCUT2D eigenvalue weighted by molar-refractivity contribution is -0.149. The summed E-state index contributed by atoms with van der Waals surface area (Å²) >= 11 is 11.7. The van der Waals surface area contributed by atoms with Crippen LogP contribution in [0.1, 0.15) is 24.8 Å². The second-order valence-electron chi connectivity index (χ2n) is 4.86. The molecule has 1 aliphatic heterocycles. The Morgan fingerprint density at radius 1 is 1.35 bits per heavy atom. The molecule has 20 heavy (non-hydrogen) atoms. The predicted molar refractivity (Wildman–Crippen MR) is 78.0 cm³/mol. The van der Waals surface area contributed by atoms with E-state index < -0.39 is 27.8 Å². The van der Waals surface area contributed by atoms with Gasteiger partial charge in [-0.25, -0.2) is 8.42 Å². The Morgan fingerprint density at radius 2 is 2.05 bits per heavy atom. The lowest BCUT2D eigenvalue weighted by Crippen LogP contribution is -2.22. The van der Waals surface area contributed by atoms with Crippen LogP contribution in [0.5, 0.6) is 0 Å². The predicted octanol–water partition coefficient (Wildman–Crippen LogP) is 2.83. The van der Waals surface area contributed by atoms with Crippen LogP contribution in [0.2, 0.25) is 10.0 Å². The zero-order valence-electron chi connectivity index (χ0n) is 10.8. The van der Waals surface area contributed by atoms with E-state index in [1.54, 1.807) is 25.1 Å². The maximum Gasteiger partial charge on any atom is 0.313 e. The van der Waals surface area contributed by atoms with Crippen LogP contribution in [0, 0.1) is 0 Å². The third-order valence-corrected chi connectivity index (χ3v) is 5.75. The van der Waals surface area contributed by atoms with E-state index in [4.69, 9.17) is 27.9 Å². The molecular weight excluding hydrogens is 323 g/mol. The van der Waals surface area contributed by atoms with E-state index in [0.717, 1.165) is 0 Å². The summed E-state index contributed by atoms with van der Waals surface area (Å²) in [5.74, 6) is -0.989. The molecule has 0 aromatic heterocycles. The number of carbonyl (C=O) groups excluding carboxylic acids is 1. The van der Waals surface area contributed by atoms with Crippen molar-refractivity contribution in [2.45, 2.75) is 25.4 Å². The first-order chi connectivity index (χ1) is 9.28. The average molecular weight is 337 g/mol. The molecule has 2 unspecified atom stereocenters. The molecule has 0 spiro atoms. The normalized spacial score (nSPS) is 22.4. The summed E-state index contributed by atoms with van der Waals surface area (Å²) in [5.41, 5.74) is 0.685. The highest BCUT2D eigenvalue weighted by molar-refractivity contribution is 7.91. The Hall–Kier alpha value is -0.780. The van der Waals surface area contributed by atoms with Gasteiger partial charge in [0.05, 0.1) is 27.5 Å². The van der Waals surface area contributed by atoms with Gasteiger partial charge in [0, 0.05) is 0 Å². The largest absolute Gasteiger partial charge is 0.461 e. The van der Waals surface area contributed by atoms with Crippen molar-refractivity contribution in [2.75, 3.05) is 11.5 Å². The van der Waals surface area contributed by atoms with Gasteiger partial charge in [0.25, 0.3) is 0 Å². The SMILES string of the molecule is CC(C(=O)OC1CCS(=O)(=O)C1)c1ccc(Cl)c(Cl)c1. The van der Waals surface area contributed by atoms with Crippen LogP contribution in [-0.4, -0.2) is 32.0 Å². The number of hydrogen-bond acceptors (Lipinski definition) is 4. The number of halogens is 2. The molecule has 0 bridgehead atoms. The molecule has 7 heteroatoms. The first-order valence-corrected chi connectivity index (χ1v) is 8.72. The highest BCUT2D eigenvalue weighted by Gasteiger charge is 2.32. The highest BCUT2D eigenvalue weighted by atomic mass is 35.5. The third-order valence-electron chi connectivity index (χ3n) is 3.27. The van der Waals surface area contributed by atoms with Crippen LogP contribution < -0.4 is 0 Å². The molecule has 1 aromatic rings. The smallest absolute Gasteiger partial charge is 0.313 e. The van der Waals surface area contributed by atoms with E-state index in [0.29, 0.717) is 22.0 Å². The summed E-state index contributed by atoms with van der Waals surface area (Å²) < 4.78 is 27.9. The van der Waals surface area contributed by atoms with E-state index in [-0.39, 0.29) is 11.5 Å². The average Bonchev–Trinajstić information content (AvgIpc) is 2.71. The molecule has 1 aliphatic rings. The van der Waals surface area contributed by atoms with Gasteiger partial charge in [0.2, 0.25) is 0 Å². The van der Waals surface area contributed by atoms with E-state index >= 15 is 0 Å². The van der Waals surface area contributed by atoms with E-state index in [1.807, 2.05) is 0 Å². The van der Waals surface area contributed by atoms with Gasteiger partial charge < -0.3 is 4.74 Å². The minimum absolute atomic E-state index is 0.0755. The number of esters is 1. The number of benzene rings is 1. The molecule has 0 N–H and O–H groups in total. The molecule has 0 radical (unpaired) electrons. The van der Waals surface area contributed by atoms with Gasteiger partial charge in [-0.2, -0.15) is 0 Å². The van der Waals surface area contributed by atoms with Crippen molar-refractivity contribution in [3.63, 3.8) is 0 Å². The van der Waals surface area contributed by atoms with Crippen LogP contribution in [0.3, 0.4) is 0 Å². The van der Waals surface area contributed by atoms with E-state index in [2.05, 4.69) is 0 Å². The van der Waals surface area contributed by atoms with Gasteiger partial charge in [0.15, 0.2) is 9.84 Å². The fourth-order valence-corrected chi connectivity index (χ4v) is 3.93. The molecule has 1 saturated heterocycles. The maximum atomic E-state index is 12.0. The van der Waals surface area contributed by atoms with Crippen LogP contribution in [0.4, 0.5) is 0 Å². The molecule has 1 heterocycles. The van der Waals surface area contributed by atoms with Gasteiger partial charge in [-0.3, -0.25) is 4.79 Å². The molecular formula is C13H14Cl2O4S. The van der Waals surface area contributed by atoms with Crippen LogP contribution in [0.25, 0.3) is 0 Å². The second kappa shape index (κ2) is 5.92.